The van der Waals surface area contributed by atoms with E-state index in [4.69, 9.17) is 5.11 Å². The minimum atomic E-state index is -0.731. The number of urea groups is 1. The molecule has 3 N–H and O–H groups in total. The van der Waals surface area contributed by atoms with Crippen LogP contribution >= 0.6 is 0 Å². The lowest BCUT2D eigenvalue weighted by Gasteiger charge is -2.17. The summed E-state index contributed by atoms with van der Waals surface area (Å²) in [6.45, 7) is 4.56. The molecular weight excluding hydrogens is 270 g/mol. The lowest BCUT2D eigenvalue weighted by atomic mass is 9.96. The van der Waals surface area contributed by atoms with Crippen LogP contribution in [0.5, 0.6) is 0 Å². The third-order valence-corrected chi connectivity index (χ3v) is 4.64. The Morgan fingerprint density at radius 3 is 2.57 bits per heavy atom. The van der Waals surface area contributed by atoms with E-state index in [9.17, 15) is 9.59 Å². The van der Waals surface area contributed by atoms with Crippen molar-refractivity contribution in [2.24, 2.45) is 11.8 Å². The van der Waals surface area contributed by atoms with Gasteiger partial charge in [-0.3, -0.25) is 4.79 Å². The van der Waals surface area contributed by atoms with Crippen molar-refractivity contribution in [2.45, 2.75) is 38.5 Å². The lowest BCUT2D eigenvalue weighted by Crippen LogP contribution is -2.40. The van der Waals surface area contributed by atoms with Gasteiger partial charge in [-0.25, -0.2) is 4.79 Å². The van der Waals surface area contributed by atoms with Gasteiger partial charge in [-0.15, -0.1) is 0 Å². The molecule has 1 saturated carbocycles. The Balaban J connectivity index is 1.53. The summed E-state index contributed by atoms with van der Waals surface area (Å²) < 4.78 is 0. The molecule has 2 aliphatic rings. The third-order valence-electron chi connectivity index (χ3n) is 4.64. The molecule has 0 aromatic carbocycles. The zero-order valence-corrected chi connectivity index (χ0v) is 12.6. The first-order chi connectivity index (χ1) is 10.2. The Morgan fingerprint density at radius 2 is 1.86 bits per heavy atom. The number of carboxylic acids is 1. The van der Waals surface area contributed by atoms with Gasteiger partial charge in [0.05, 0.1) is 5.92 Å². The fraction of sp³-hybridized carbons (Fsp3) is 0.867. The van der Waals surface area contributed by atoms with Gasteiger partial charge in [-0.1, -0.05) is 6.42 Å². The van der Waals surface area contributed by atoms with Crippen LogP contribution in [0.3, 0.4) is 0 Å². The first-order valence-corrected chi connectivity index (χ1v) is 8.13. The molecule has 0 bridgehead atoms. The molecule has 21 heavy (non-hydrogen) atoms. The average Bonchev–Trinajstić information content (AvgIpc) is 3.12. The number of hydrogen-bond donors (Lipinski definition) is 3. The molecule has 2 amide bonds. The van der Waals surface area contributed by atoms with E-state index in [0.717, 1.165) is 32.2 Å². The number of nitrogens with one attached hydrogen (secondary N) is 2. The molecular formula is C15H27N3O3. The molecule has 0 aromatic heterocycles. The molecule has 0 aromatic rings. The molecule has 2 unspecified atom stereocenters. The molecule has 120 valence electrons. The second kappa shape index (κ2) is 8.22. The molecule has 1 aliphatic carbocycles. The lowest BCUT2D eigenvalue weighted by molar-refractivity contribution is -0.142. The SMILES string of the molecule is O=C(NCCCN1CCCC1)NCC1CCCC1C(=O)O. The van der Waals surface area contributed by atoms with Crippen LogP contribution in [0.1, 0.15) is 38.5 Å². The van der Waals surface area contributed by atoms with Crippen molar-refractivity contribution in [1.82, 2.24) is 15.5 Å². The molecule has 1 saturated heterocycles. The predicted molar refractivity (Wildman–Crippen MR) is 80.2 cm³/mol. The van der Waals surface area contributed by atoms with Crippen LogP contribution < -0.4 is 10.6 Å². The van der Waals surface area contributed by atoms with Crippen LogP contribution in [0.2, 0.25) is 0 Å². The Labute approximate surface area is 126 Å². The summed E-state index contributed by atoms with van der Waals surface area (Å²) in [4.78, 5) is 25.2. The second-order valence-corrected chi connectivity index (χ2v) is 6.17. The van der Waals surface area contributed by atoms with Gasteiger partial charge in [-0.05, 0) is 57.7 Å². The largest absolute Gasteiger partial charge is 0.481 e. The first-order valence-electron chi connectivity index (χ1n) is 8.13. The molecule has 0 radical (unpaired) electrons. The number of aliphatic carboxylic acids is 1. The zero-order chi connectivity index (χ0) is 15.1. The van der Waals surface area contributed by atoms with Crippen LogP contribution in [0, 0.1) is 11.8 Å². The van der Waals surface area contributed by atoms with Crippen molar-refractivity contribution < 1.29 is 14.7 Å². The number of likely N-dealkylation sites (tertiary alicyclic amines) is 1. The summed E-state index contributed by atoms with van der Waals surface area (Å²) in [5.74, 6) is -0.941. The summed E-state index contributed by atoms with van der Waals surface area (Å²) in [6.07, 6.45) is 6.13. The highest BCUT2D eigenvalue weighted by atomic mass is 16.4. The highest BCUT2D eigenvalue weighted by Gasteiger charge is 2.32. The topological polar surface area (TPSA) is 81.7 Å². The van der Waals surface area contributed by atoms with Crippen LogP contribution in [0.4, 0.5) is 4.79 Å². The van der Waals surface area contributed by atoms with Gasteiger partial charge in [0.1, 0.15) is 0 Å². The number of rotatable bonds is 7. The average molecular weight is 297 g/mol. The zero-order valence-electron chi connectivity index (χ0n) is 12.6. The Morgan fingerprint density at radius 1 is 1.10 bits per heavy atom. The predicted octanol–water partition coefficient (Wildman–Crippen LogP) is 1.27. The summed E-state index contributed by atoms with van der Waals surface area (Å²) in [5.41, 5.74) is 0. The smallest absolute Gasteiger partial charge is 0.314 e. The normalized spacial score (nSPS) is 25.9. The highest BCUT2D eigenvalue weighted by Crippen LogP contribution is 2.31. The quantitative estimate of drug-likeness (QED) is 0.618. The number of amides is 2. The maximum Gasteiger partial charge on any atom is 0.314 e. The highest BCUT2D eigenvalue weighted by molar-refractivity contribution is 5.74. The van der Waals surface area contributed by atoms with Gasteiger partial charge in [0, 0.05) is 13.1 Å². The molecule has 2 fully saturated rings. The standard InChI is InChI=1S/C15H27N3O3/c19-14(20)13-6-3-5-12(13)11-17-15(21)16-7-4-10-18-8-1-2-9-18/h12-13H,1-11H2,(H,19,20)(H2,16,17,21). The van der Waals surface area contributed by atoms with Crippen molar-refractivity contribution >= 4 is 12.0 Å². The van der Waals surface area contributed by atoms with Gasteiger partial charge in [0.25, 0.3) is 0 Å². The fourth-order valence-electron chi connectivity index (χ4n) is 3.40. The van der Waals surface area contributed by atoms with E-state index < -0.39 is 5.97 Å². The van der Waals surface area contributed by atoms with Gasteiger partial charge in [0.2, 0.25) is 0 Å². The van der Waals surface area contributed by atoms with Crippen LogP contribution in [-0.4, -0.2) is 54.7 Å². The number of carbonyl (C=O) groups is 2. The van der Waals surface area contributed by atoms with Crippen LogP contribution in [-0.2, 0) is 4.79 Å². The van der Waals surface area contributed by atoms with Gasteiger partial charge < -0.3 is 20.6 Å². The minimum Gasteiger partial charge on any atom is -0.481 e. The third kappa shape index (κ3) is 5.19. The van der Waals surface area contributed by atoms with E-state index in [1.165, 1.54) is 25.9 Å². The van der Waals surface area contributed by atoms with Crippen LogP contribution in [0.25, 0.3) is 0 Å². The van der Waals surface area contributed by atoms with E-state index in [-0.39, 0.29) is 17.9 Å². The van der Waals surface area contributed by atoms with E-state index in [1.807, 2.05) is 0 Å². The summed E-state index contributed by atoms with van der Waals surface area (Å²) >= 11 is 0. The second-order valence-electron chi connectivity index (χ2n) is 6.17. The summed E-state index contributed by atoms with van der Waals surface area (Å²) in [5, 5.41) is 14.8. The van der Waals surface area contributed by atoms with E-state index in [0.29, 0.717) is 13.1 Å². The number of nitrogens with zero attached hydrogens (tertiary/aromatic N) is 1. The molecule has 2 rings (SSSR count). The van der Waals surface area contributed by atoms with Crippen molar-refractivity contribution in [3.8, 4) is 0 Å². The fourth-order valence-corrected chi connectivity index (χ4v) is 3.40. The number of hydrogen-bond acceptors (Lipinski definition) is 3. The van der Waals surface area contributed by atoms with Crippen LogP contribution in [0.15, 0.2) is 0 Å². The molecule has 0 spiro atoms. The Kier molecular flexibility index (Phi) is 6.29. The van der Waals surface area contributed by atoms with E-state index in [2.05, 4.69) is 15.5 Å². The molecule has 1 heterocycles. The summed E-state index contributed by atoms with van der Waals surface area (Å²) in [7, 11) is 0. The molecule has 6 heteroatoms. The van der Waals surface area contributed by atoms with Gasteiger partial charge >= 0.3 is 12.0 Å². The number of carboxylic acid groups (broad SMARTS) is 1. The molecule has 1 aliphatic heterocycles. The first kappa shape index (κ1) is 16.1. The Bertz CT molecular complexity index is 356. The molecule has 6 nitrogen and oxygen atoms in total. The Hall–Kier alpha value is -1.30. The van der Waals surface area contributed by atoms with Crippen molar-refractivity contribution in [3.63, 3.8) is 0 Å². The maximum absolute atomic E-state index is 11.7. The van der Waals surface area contributed by atoms with Crippen molar-refractivity contribution in [3.05, 3.63) is 0 Å². The summed E-state index contributed by atoms with van der Waals surface area (Å²) in [6, 6.07) is -0.174. The maximum atomic E-state index is 11.7. The van der Waals surface area contributed by atoms with Crippen molar-refractivity contribution in [2.75, 3.05) is 32.7 Å². The van der Waals surface area contributed by atoms with Crippen molar-refractivity contribution in [1.29, 1.82) is 0 Å². The molecule has 2 atom stereocenters. The van der Waals surface area contributed by atoms with E-state index in [1.54, 1.807) is 0 Å². The minimum absolute atomic E-state index is 0.0813. The monoisotopic (exact) mass is 297 g/mol. The number of carbonyl (C=O) groups excluding carboxylic acids is 1. The van der Waals surface area contributed by atoms with Gasteiger partial charge in [-0.2, -0.15) is 0 Å². The van der Waals surface area contributed by atoms with E-state index >= 15 is 0 Å². The van der Waals surface area contributed by atoms with Gasteiger partial charge in [0.15, 0.2) is 0 Å².